The van der Waals surface area contributed by atoms with Crippen molar-refractivity contribution >= 4 is 0 Å². The second kappa shape index (κ2) is 5.31. The first-order valence-corrected chi connectivity index (χ1v) is 6.37. The molecular formula is C13H27NO. The lowest BCUT2D eigenvalue weighted by atomic mass is 9.87. The van der Waals surface area contributed by atoms with E-state index in [-0.39, 0.29) is 11.5 Å². The van der Waals surface area contributed by atoms with Crippen LogP contribution < -0.4 is 0 Å². The van der Waals surface area contributed by atoms with Crippen molar-refractivity contribution in [1.29, 1.82) is 0 Å². The molecule has 1 aliphatic heterocycles. The van der Waals surface area contributed by atoms with Crippen molar-refractivity contribution in [2.24, 2.45) is 5.41 Å². The lowest BCUT2D eigenvalue weighted by molar-refractivity contribution is 0.0442. The zero-order valence-corrected chi connectivity index (χ0v) is 10.8. The molecule has 0 bridgehead atoms. The fourth-order valence-corrected chi connectivity index (χ4v) is 2.37. The molecule has 1 saturated heterocycles. The minimum absolute atomic E-state index is 0.0292. The summed E-state index contributed by atoms with van der Waals surface area (Å²) in [6, 6.07) is 0.775. The summed E-state index contributed by atoms with van der Waals surface area (Å²) in [5.41, 5.74) is 0.0292. The van der Waals surface area contributed by atoms with Gasteiger partial charge in [-0.2, -0.15) is 0 Å². The third-order valence-corrected chi connectivity index (χ3v) is 3.66. The van der Waals surface area contributed by atoms with Crippen LogP contribution in [-0.4, -0.2) is 35.2 Å². The van der Waals surface area contributed by atoms with Gasteiger partial charge in [0.15, 0.2) is 0 Å². The fraction of sp³-hybridized carbons (Fsp3) is 1.00. The monoisotopic (exact) mass is 213 g/mol. The van der Waals surface area contributed by atoms with E-state index in [1.54, 1.807) is 0 Å². The Morgan fingerprint density at radius 1 is 1.40 bits per heavy atom. The quantitative estimate of drug-likeness (QED) is 0.776. The Balaban J connectivity index is 2.30. The molecule has 0 saturated carbocycles. The van der Waals surface area contributed by atoms with Crippen molar-refractivity contribution in [2.75, 3.05) is 13.1 Å². The van der Waals surface area contributed by atoms with Crippen LogP contribution in [0.5, 0.6) is 0 Å². The maximum Gasteiger partial charge on any atom is 0.0600 e. The topological polar surface area (TPSA) is 23.5 Å². The van der Waals surface area contributed by atoms with E-state index in [2.05, 4.69) is 32.6 Å². The van der Waals surface area contributed by atoms with Gasteiger partial charge in [0.25, 0.3) is 0 Å². The summed E-state index contributed by atoms with van der Waals surface area (Å²) in [5.74, 6) is 0. The van der Waals surface area contributed by atoms with E-state index in [1.807, 2.05) is 0 Å². The van der Waals surface area contributed by atoms with E-state index in [0.29, 0.717) is 0 Å². The Labute approximate surface area is 94.7 Å². The molecule has 1 rings (SSSR count). The standard InChI is InChI=1S/C13H27NO/c1-5-11-7-6-9-14(11)10-8-12(15)13(2,3)4/h11-12,15H,5-10H2,1-4H3. The number of nitrogens with zero attached hydrogens (tertiary/aromatic N) is 1. The van der Waals surface area contributed by atoms with Gasteiger partial charge in [-0.3, -0.25) is 0 Å². The minimum atomic E-state index is -0.171. The number of likely N-dealkylation sites (tertiary alicyclic amines) is 1. The predicted molar refractivity (Wildman–Crippen MR) is 65.0 cm³/mol. The summed E-state index contributed by atoms with van der Waals surface area (Å²) >= 11 is 0. The molecule has 1 heterocycles. The smallest absolute Gasteiger partial charge is 0.0600 e. The van der Waals surface area contributed by atoms with Crippen LogP contribution >= 0.6 is 0 Å². The molecule has 0 radical (unpaired) electrons. The summed E-state index contributed by atoms with van der Waals surface area (Å²) in [6.45, 7) is 10.9. The molecule has 2 unspecified atom stereocenters. The van der Waals surface area contributed by atoms with Gasteiger partial charge in [-0.1, -0.05) is 27.7 Å². The molecule has 90 valence electrons. The summed E-state index contributed by atoms with van der Waals surface area (Å²) in [5, 5.41) is 9.98. The molecule has 0 aromatic carbocycles. The van der Waals surface area contributed by atoms with Crippen LogP contribution in [0.25, 0.3) is 0 Å². The van der Waals surface area contributed by atoms with Gasteiger partial charge in [-0.05, 0) is 37.6 Å². The average Bonchev–Trinajstić information content (AvgIpc) is 2.59. The average molecular weight is 213 g/mol. The molecule has 1 N–H and O–H groups in total. The Bertz CT molecular complexity index is 185. The number of hydrogen-bond donors (Lipinski definition) is 1. The van der Waals surface area contributed by atoms with Crippen LogP contribution in [-0.2, 0) is 0 Å². The Morgan fingerprint density at radius 2 is 2.07 bits per heavy atom. The molecule has 2 heteroatoms. The van der Waals surface area contributed by atoms with Crippen molar-refractivity contribution in [3.05, 3.63) is 0 Å². The van der Waals surface area contributed by atoms with Gasteiger partial charge in [-0.25, -0.2) is 0 Å². The molecule has 2 nitrogen and oxygen atoms in total. The van der Waals surface area contributed by atoms with E-state index in [0.717, 1.165) is 19.0 Å². The molecule has 1 fully saturated rings. The number of hydrogen-bond acceptors (Lipinski definition) is 2. The van der Waals surface area contributed by atoms with Gasteiger partial charge >= 0.3 is 0 Å². The van der Waals surface area contributed by atoms with Crippen LogP contribution in [0.3, 0.4) is 0 Å². The summed E-state index contributed by atoms with van der Waals surface area (Å²) in [6.07, 6.45) is 4.69. The van der Waals surface area contributed by atoms with Gasteiger partial charge in [-0.15, -0.1) is 0 Å². The number of aliphatic hydroxyl groups is 1. The van der Waals surface area contributed by atoms with E-state index < -0.39 is 0 Å². The maximum absolute atomic E-state index is 9.98. The molecule has 0 spiro atoms. The molecule has 0 aromatic rings. The van der Waals surface area contributed by atoms with Crippen LogP contribution in [0.4, 0.5) is 0 Å². The van der Waals surface area contributed by atoms with Crippen molar-refractivity contribution < 1.29 is 5.11 Å². The third-order valence-electron chi connectivity index (χ3n) is 3.66. The molecule has 15 heavy (non-hydrogen) atoms. The molecule has 2 atom stereocenters. The lowest BCUT2D eigenvalue weighted by Crippen LogP contribution is -2.35. The molecule has 0 aromatic heterocycles. The third kappa shape index (κ3) is 3.76. The molecular weight excluding hydrogens is 186 g/mol. The highest BCUT2D eigenvalue weighted by atomic mass is 16.3. The van der Waals surface area contributed by atoms with Gasteiger partial charge in [0, 0.05) is 12.6 Å². The first-order chi connectivity index (χ1) is 6.95. The Kier molecular flexibility index (Phi) is 4.60. The summed E-state index contributed by atoms with van der Waals surface area (Å²) in [7, 11) is 0. The first kappa shape index (κ1) is 13.0. The molecule has 1 aliphatic rings. The van der Waals surface area contributed by atoms with Crippen molar-refractivity contribution in [1.82, 2.24) is 4.90 Å². The van der Waals surface area contributed by atoms with E-state index in [1.165, 1.54) is 25.8 Å². The van der Waals surface area contributed by atoms with E-state index >= 15 is 0 Å². The SMILES string of the molecule is CCC1CCCN1CCC(O)C(C)(C)C. The summed E-state index contributed by atoms with van der Waals surface area (Å²) in [4.78, 5) is 2.55. The second-order valence-electron chi connectivity index (χ2n) is 5.91. The van der Waals surface area contributed by atoms with E-state index in [9.17, 15) is 5.11 Å². The first-order valence-electron chi connectivity index (χ1n) is 6.37. The van der Waals surface area contributed by atoms with Crippen molar-refractivity contribution in [2.45, 2.75) is 65.5 Å². The zero-order chi connectivity index (χ0) is 11.5. The van der Waals surface area contributed by atoms with Crippen LogP contribution in [0.15, 0.2) is 0 Å². The normalized spacial score (nSPS) is 25.8. The second-order valence-corrected chi connectivity index (χ2v) is 5.91. The van der Waals surface area contributed by atoms with Gasteiger partial charge in [0.2, 0.25) is 0 Å². The lowest BCUT2D eigenvalue weighted by Gasteiger charge is -2.29. The maximum atomic E-state index is 9.98. The van der Waals surface area contributed by atoms with Crippen molar-refractivity contribution in [3.8, 4) is 0 Å². The highest BCUT2D eigenvalue weighted by Crippen LogP contribution is 2.24. The Hall–Kier alpha value is -0.0800. The number of aliphatic hydroxyl groups excluding tert-OH is 1. The fourth-order valence-electron chi connectivity index (χ4n) is 2.37. The molecule has 0 amide bonds. The van der Waals surface area contributed by atoms with Crippen molar-refractivity contribution in [3.63, 3.8) is 0 Å². The van der Waals surface area contributed by atoms with Crippen LogP contribution in [0.1, 0.15) is 53.4 Å². The van der Waals surface area contributed by atoms with Gasteiger partial charge < -0.3 is 10.0 Å². The van der Waals surface area contributed by atoms with Gasteiger partial charge in [0.05, 0.1) is 6.10 Å². The predicted octanol–water partition coefficient (Wildman–Crippen LogP) is 2.66. The van der Waals surface area contributed by atoms with Gasteiger partial charge in [0.1, 0.15) is 0 Å². The minimum Gasteiger partial charge on any atom is -0.393 e. The number of rotatable bonds is 4. The van der Waals surface area contributed by atoms with Crippen LogP contribution in [0, 0.1) is 5.41 Å². The summed E-state index contributed by atoms with van der Waals surface area (Å²) < 4.78 is 0. The largest absolute Gasteiger partial charge is 0.393 e. The highest BCUT2D eigenvalue weighted by Gasteiger charge is 2.26. The molecule has 0 aliphatic carbocycles. The zero-order valence-electron chi connectivity index (χ0n) is 10.8. The van der Waals surface area contributed by atoms with Crippen LogP contribution in [0.2, 0.25) is 0 Å². The Morgan fingerprint density at radius 3 is 2.60 bits per heavy atom. The van der Waals surface area contributed by atoms with E-state index in [4.69, 9.17) is 0 Å². The highest BCUT2D eigenvalue weighted by molar-refractivity contribution is 4.80.